The Kier molecular flexibility index (Phi) is 3.76. The first-order valence-corrected chi connectivity index (χ1v) is 6.27. The summed E-state index contributed by atoms with van der Waals surface area (Å²) in [5.41, 5.74) is 9.07. The summed E-state index contributed by atoms with van der Waals surface area (Å²) < 4.78 is 0. The van der Waals surface area contributed by atoms with Crippen LogP contribution in [0.2, 0.25) is 0 Å². The van der Waals surface area contributed by atoms with Crippen LogP contribution in [-0.4, -0.2) is 9.97 Å². The van der Waals surface area contributed by atoms with Crippen molar-refractivity contribution in [2.24, 2.45) is 5.73 Å². The summed E-state index contributed by atoms with van der Waals surface area (Å²) >= 11 is 1.61. The predicted octanol–water partition coefficient (Wildman–Crippen LogP) is 2.70. The molecule has 1 heterocycles. The topological polar surface area (TPSA) is 51.8 Å². The Labute approximate surface area is 105 Å². The van der Waals surface area contributed by atoms with E-state index in [1.807, 2.05) is 0 Å². The highest BCUT2D eigenvalue weighted by Crippen LogP contribution is 2.28. The lowest BCUT2D eigenvalue weighted by molar-refractivity contribution is 0.886. The molecule has 0 radical (unpaired) electrons. The van der Waals surface area contributed by atoms with Crippen LogP contribution >= 0.6 is 11.8 Å². The fourth-order valence-corrected chi connectivity index (χ4v) is 2.43. The van der Waals surface area contributed by atoms with Gasteiger partial charge in [0, 0.05) is 23.8 Å². The van der Waals surface area contributed by atoms with E-state index in [0.717, 1.165) is 10.7 Å². The van der Waals surface area contributed by atoms with Gasteiger partial charge in [0.15, 0.2) is 0 Å². The third-order valence-corrected chi connectivity index (χ3v) is 3.65. The Bertz CT molecular complexity index is 526. The average Bonchev–Trinajstić information content (AvgIpc) is 2.34. The van der Waals surface area contributed by atoms with Crippen molar-refractivity contribution in [1.29, 1.82) is 0 Å². The summed E-state index contributed by atoms with van der Waals surface area (Å²) in [6, 6.07) is 6.38. The average molecular weight is 245 g/mol. The van der Waals surface area contributed by atoms with Crippen molar-refractivity contribution in [1.82, 2.24) is 9.97 Å². The molecular weight excluding hydrogens is 230 g/mol. The first-order valence-electron chi connectivity index (χ1n) is 5.46. The van der Waals surface area contributed by atoms with Crippen LogP contribution in [0, 0.1) is 13.8 Å². The standard InChI is InChI=1S/C13H15N3S/c1-9-3-4-11(7-10(9)2)17-13-12(8-14)15-5-6-16-13/h3-7H,8,14H2,1-2H3. The molecule has 0 saturated carbocycles. The van der Waals surface area contributed by atoms with Crippen molar-refractivity contribution >= 4 is 11.8 Å². The smallest absolute Gasteiger partial charge is 0.124 e. The van der Waals surface area contributed by atoms with Gasteiger partial charge in [-0.15, -0.1) is 0 Å². The van der Waals surface area contributed by atoms with Gasteiger partial charge in [0.2, 0.25) is 0 Å². The quantitative estimate of drug-likeness (QED) is 0.903. The van der Waals surface area contributed by atoms with Crippen LogP contribution < -0.4 is 5.73 Å². The van der Waals surface area contributed by atoms with Gasteiger partial charge in [-0.3, -0.25) is 4.98 Å². The third-order valence-electron chi connectivity index (χ3n) is 2.62. The number of nitrogens with zero attached hydrogens (tertiary/aromatic N) is 2. The zero-order valence-electron chi connectivity index (χ0n) is 9.97. The Morgan fingerprint density at radius 3 is 2.59 bits per heavy atom. The second-order valence-electron chi connectivity index (χ2n) is 3.86. The summed E-state index contributed by atoms with van der Waals surface area (Å²) in [4.78, 5) is 9.71. The summed E-state index contributed by atoms with van der Waals surface area (Å²) in [6.45, 7) is 4.64. The first-order chi connectivity index (χ1) is 8.20. The molecule has 1 aromatic heterocycles. The summed E-state index contributed by atoms with van der Waals surface area (Å²) in [5.74, 6) is 0. The van der Waals surface area contributed by atoms with E-state index in [1.54, 1.807) is 24.2 Å². The molecule has 1 aromatic carbocycles. The molecule has 0 fully saturated rings. The van der Waals surface area contributed by atoms with E-state index in [9.17, 15) is 0 Å². The summed E-state index contributed by atoms with van der Waals surface area (Å²) in [5, 5.41) is 0.887. The molecule has 0 atom stereocenters. The highest BCUT2D eigenvalue weighted by Gasteiger charge is 2.06. The number of rotatable bonds is 3. The van der Waals surface area contributed by atoms with Crippen molar-refractivity contribution in [2.45, 2.75) is 30.3 Å². The summed E-state index contributed by atoms with van der Waals surface area (Å²) in [7, 11) is 0. The molecule has 0 amide bonds. The number of hydrogen-bond donors (Lipinski definition) is 1. The minimum atomic E-state index is 0.418. The van der Waals surface area contributed by atoms with Crippen molar-refractivity contribution in [3.8, 4) is 0 Å². The zero-order valence-corrected chi connectivity index (χ0v) is 10.8. The van der Waals surface area contributed by atoms with Crippen molar-refractivity contribution in [3.05, 3.63) is 47.4 Å². The van der Waals surface area contributed by atoms with Gasteiger partial charge >= 0.3 is 0 Å². The van der Waals surface area contributed by atoms with Crippen LogP contribution in [0.1, 0.15) is 16.8 Å². The molecule has 0 aliphatic rings. The molecule has 0 unspecified atom stereocenters. The van der Waals surface area contributed by atoms with Crippen LogP contribution in [0.4, 0.5) is 0 Å². The van der Waals surface area contributed by atoms with Gasteiger partial charge in [-0.05, 0) is 37.1 Å². The maximum atomic E-state index is 5.64. The van der Waals surface area contributed by atoms with Gasteiger partial charge in [0.05, 0.1) is 5.69 Å². The van der Waals surface area contributed by atoms with Crippen LogP contribution in [0.25, 0.3) is 0 Å². The molecule has 2 rings (SSSR count). The molecule has 0 saturated heterocycles. The van der Waals surface area contributed by atoms with Crippen molar-refractivity contribution in [2.75, 3.05) is 0 Å². The lowest BCUT2D eigenvalue weighted by atomic mass is 10.1. The normalized spacial score (nSPS) is 10.5. The Morgan fingerprint density at radius 1 is 1.12 bits per heavy atom. The van der Waals surface area contributed by atoms with E-state index in [0.29, 0.717) is 6.54 Å². The van der Waals surface area contributed by atoms with Crippen molar-refractivity contribution < 1.29 is 0 Å². The van der Waals surface area contributed by atoms with Gasteiger partial charge in [-0.1, -0.05) is 17.8 Å². The number of benzene rings is 1. The molecule has 0 aliphatic heterocycles. The highest BCUT2D eigenvalue weighted by molar-refractivity contribution is 7.99. The van der Waals surface area contributed by atoms with Crippen LogP contribution in [0.3, 0.4) is 0 Å². The monoisotopic (exact) mass is 245 g/mol. The molecule has 0 spiro atoms. The minimum absolute atomic E-state index is 0.418. The molecule has 3 nitrogen and oxygen atoms in total. The second-order valence-corrected chi connectivity index (χ2v) is 4.92. The molecule has 0 aliphatic carbocycles. The van der Waals surface area contributed by atoms with E-state index < -0.39 is 0 Å². The van der Waals surface area contributed by atoms with Crippen LogP contribution in [0.5, 0.6) is 0 Å². The Hall–Kier alpha value is -1.39. The van der Waals surface area contributed by atoms with E-state index in [2.05, 4.69) is 42.0 Å². The van der Waals surface area contributed by atoms with E-state index in [4.69, 9.17) is 5.73 Å². The van der Waals surface area contributed by atoms with E-state index in [-0.39, 0.29) is 0 Å². The maximum absolute atomic E-state index is 5.64. The SMILES string of the molecule is Cc1ccc(Sc2nccnc2CN)cc1C. The highest BCUT2D eigenvalue weighted by atomic mass is 32.2. The Balaban J connectivity index is 2.28. The number of aryl methyl sites for hydroxylation is 2. The molecule has 0 bridgehead atoms. The van der Waals surface area contributed by atoms with Gasteiger partial charge in [-0.25, -0.2) is 4.98 Å². The molecule has 4 heteroatoms. The van der Waals surface area contributed by atoms with Gasteiger partial charge < -0.3 is 5.73 Å². The van der Waals surface area contributed by atoms with Crippen LogP contribution in [-0.2, 0) is 6.54 Å². The predicted molar refractivity (Wildman–Crippen MR) is 70.0 cm³/mol. The Morgan fingerprint density at radius 2 is 1.88 bits per heavy atom. The third kappa shape index (κ3) is 2.84. The number of aromatic nitrogens is 2. The lowest BCUT2D eigenvalue weighted by Gasteiger charge is -2.06. The second kappa shape index (κ2) is 5.29. The first kappa shape index (κ1) is 12.1. The fraction of sp³-hybridized carbons (Fsp3) is 0.231. The minimum Gasteiger partial charge on any atom is -0.325 e. The number of nitrogens with two attached hydrogens (primary N) is 1. The van der Waals surface area contributed by atoms with E-state index >= 15 is 0 Å². The largest absolute Gasteiger partial charge is 0.325 e. The summed E-state index contributed by atoms with van der Waals surface area (Å²) in [6.07, 6.45) is 3.37. The maximum Gasteiger partial charge on any atom is 0.124 e. The molecular formula is C13H15N3S. The van der Waals surface area contributed by atoms with Gasteiger partial charge in [-0.2, -0.15) is 0 Å². The molecule has 2 aromatic rings. The lowest BCUT2D eigenvalue weighted by Crippen LogP contribution is -2.02. The zero-order chi connectivity index (χ0) is 12.3. The van der Waals surface area contributed by atoms with Crippen molar-refractivity contribution in [3.63, 3.8) is 0 Å². The number of hydrogen-bond acceptors (Lipinski definition) is 4. The van der Waals surface area contributed by atoms with E-state index in [1.165, 1.54) is 16.0 Å². The fourth-order valence-electron chi connectivity index (χ4n) is 1.47. The molecule has 88 valence electrons. The van der Waals surface area contributed by atoms with Gasteiger partial charge in [0.25, 0.3) is 0 Å². The molecule has 2 N–H and O–H groups in total. The molecule has 17 heavy (non-hydrogen) atoms. The van der Waals surface area contributed by atoms with Gasteiger partial charge in [0.1, 0.15) is 5.03 Å². The van der Waals surface area contributed by atoms with Crippen LogP contribution in [0.15, 0.2) is 40.5 Å².